The van der Waals surface area contributed by atoms with Crippen LogP contribution in [-0.2, 0) is 6.42 Å². The van der Waals surface area contributed by atoms with Crippen LogP contribution >= 0.6 is 11.8 Å². The quantitative estimate of drug-likeness (QED) is 0.602. The van der Waals surface area contributed by atoms with E-state index in [1.54, 1.807) is 0 Å². The molecule has 5 nitrogen and oxygen atoms in total. The van der Waals surface area contributed by atoms with Gasteiger partial charge in [0.2, 0.25) is 0 Å². The van der Waals surface area contributed by atoms with Crippen LogP contribution in [-0.4, -0.2) is 46.0 Å². The molecule has 1 aliphatic carbocycles. The van der Waals surface area contributed by atoms with Crippen molar-refractivity contribution < 1.29 is 0 Å². The van der Waals surface area contributed by atoms with Gasteiger partial charge in [-0.1, -0.05) is 12.5 Å². The van der Waals surface area contributed by atoms with E-state index in [2.05, 4.69) is 59.7 Å². The van der Waals surface area contributed by atoms with Crippen LogP contribution in [0, 0.1) is 6.92 Å². The van der Waals surface area contributed by atoms with Gasteiger partial charge in [0, 0.05) is 43.2 Å². The monoisotopic (exact) mass is 373 g/mol. The van der Waals surface area contributed by atoms with Gasteiger partial charge in [-0.2, -0.15) is 11.8 Å². The molecule has 0 radical (unpaired) electrons. The smallest absolute Gasteiger partial charge is 0.191 e. The number of aliphatic imine (C=N–C) groups is 1. The largest absolute Gasteiger partial charge is 0.357 e. The number of nitrogens with zero attached hydrogens (tertiary/aromatic N) is 3. The standard InChI is InChI=1S/C20H31N5S/c1-4-21-20(24-16-8-5-9-18(13-16)26-3)22-11-10-17-14-25-12-6-7-15(2)19(25)23-17/h6-7,12,14,16,18H,4-5,8-11,13H2,1-3H3,(H2,21,22,24). The van der Waals surface area contributed by atoms with Crippen molar-refractivity contribution >= 4 is 23.4 Å². The maximum atomic E-state index is 4.78. The summed E-state index contributed by atoms with van der Waals surface area (Å²) in [5.74, 6) is 0.944. The first-order chi connectivity index (χ1) is 12.7. The highest BCUT2D eigenvalue weighted by Crippen LogP contribution is 2.26. The molecule has 2 aromatic heterocycles. The fourth-order valence-electron chi connectivity index (χ4n) is 3.61. The molecule has 142 valence electrons. The van der Waals surface area contributed by atoms with Crippen LogP contribution in [0.1, 0.15) is 43.9 Å². The number of hydrogen-bond acceptors (Lipinski definition) is 3. The molecule has 2 unspecified atom stereocenters. The molecule has 0 amide bonds. The van der Waals surface area contributed by atoms with Gasteiger partial charge < -0.3 is 15.0 Å². The van der Waals surface area contributed by atoms with Crippen molar-refractivity contribution in [3.05, 3.63) is 35.8 Å². The highest BCUT2D eigenvalue weighted by molar-refractivity contribution is 7.99. The van der Waals surface area contributed by atoms with Gasteiger partial charge in [0.15, 0.2) is 5.96 Å². The number of guanidine groups is 1. The Hall–Kier alpha value is -1.69. The predicted octanol–water partition coefficient (Wildman–Crippen LogP) is 3.41. The molecule has 2 heterocycles. The number of aromatic nitrogens is 2. The molecule has 2 atom stereocenters. The van der Waals surface area contributed by atoms with E-state index in [1.807, 2.05) is 11.8 Å². The third-order valence-corrected chi connectivity index (χ3v) is 6.10. The van der Waals surface area contributed by atoms with Crippen molar-refractivity contribution in [3.8, 4) is 0 Å². The van der Waals surface area contributed by atoms with Gasteiger partial charge in [-0.25, -0.2) is 4.98 Å². The van der Waals surface area contributed by atoms with Gasteiger partial charge in [-0.15, -0.1) is 0 Å². The minimum Gasteiger partial charge on any atom is -0.357 e. The van der Waals surface area contributed by atoms with E-state index in [4.69, 9.17) is 9.98 Å². The molecule has 2 N–H and O–H groups in total. The first-order valence-electron chi connectivity index (χ1n) is 9.70. The second-order valence-corrected chi connectivity index (χ2v) is 8.17. The van der Waals surface area contributed by atoms with Crippen molar-refractivity contribution in [3.63, 3.8) is 0 Å². The molecule has 26 heavy (non-hydrogen) atoms. The lowest BCUT2D eigenvalue weighted by Gasteiger charge is -2.29. The topological polar surface area (TPSA) is 53.7 Å². The lowest BCUT2D eigenvalue weighted by atomic mass is 9.95. The van der Waals surface area contributed by atoms with Crippen LogP contribution < -0.4 is 10.6 Å². The summed E-state index contributed by atoms with van der Waals surface area (Å²) in [6.45, 7) is 5.85. The summed E-state index contributed by atoms with van der Waals surface area (Å²) < 4.78 is 2.10. The summed E-state index contributed by atoms with van der Waals surface area (Å²) in [4.78, 5) is 9.53. The number of pyridine rings is 1. The van der Waals surface area contributed by atoms with Crippen molar-refractivity contribution in [1.29, 1.82) is 0 Å². The molecule has 1 aliphatic rings. The first-order valence-corrected chi connectivity index (χ1v) is 11.0. The van der Waals surface area contributed by atoms with E-state index in [9.17, 15) is 0 Å². The third kappa shape index (κ3) is 4.93. The lowest BCUT2D eigenvalue weighted by molar-refractivity contribution is 0.419. The molecule has 0 saturated heterocycles. The molecule has 6 heteroatoms. The molecule has 2 aromatic rings. The molecule has 0 aliphatic heterocycles. The maximum Gasteiger partial charge on any atom is 0.191 e. The number of imidazole rings is 1. The van der Waals surface area contributed by atoms with Gasteiger partial charge in [0.1, 0.15) is 5.65 Å². The molecule has 0 aromatic carbocycles. The third-order valence-electron chi connectivity index (χ3n) is 5.01. The van der Waals surface area contributed by atoms with E-state index in [0.717, 1.165) is 42.1 Å². The fourth-order valence-corrected chi connectivity index (χ4v) is 4.44. The minimum absolute atomic E-state index is 0.539. The Labute approximate surface area is 161 Å². The Morgan fingerprint density at radius 2 is 2.31 bits per heavy atom. The van der Waals surface area contributed by atoms with Crippen molar-refractivity contribution in [2.45, 2.75) is 57.2 Å². The Balaban J connectivity index is 1.58. The zero-order valence-electron chi connectivity index (χ0n) is 16.2. The van der Waals surface area contributed by atoms with Gasteiger partial charge in [0.05, 0.1) is 5.69 Å². The molecule has 0 bridgehead atoms. The average molecular weight is 374 g/mol. The lowest BCUT2D eigenvalue weighted by Crippen LogP contribution is -2.45. The second-order valence-electron chi connectivity index (χ2n) is 7.03. The van der Waals surface area contributed by atoms with Gasteiger partial charge in [-0.05, 0) is 51.0 Å². The summed E-state index contributed by atoms with van der Waals surface area (Å²) >= 11 is 2.00. The summed E-state index contributed by atoms with van der Waals surface area (Å²) in [7, 11) is 0. The van der Waals surface area contributed by atoms with Crippen LogP contribution in [0.3, 0.4) is 0 Å². The van der Waals surface area contributed by atoms with Crippen LogP contribution in [0.5, 0.6) is 0 Å². The van der Waals surface area contributed by atoms with Crippen molar-refractivity contribution in [2.75, 3.05) is 19.3 Å². The van der Waals surface area contributed by atoms with Crippen LogP contribution in [0.15, 0.2) is 29.5 Å². The zero-order valence-corrected chi connectivity index (χ0v) is 17.0. The normalized spacial score (nSPS) is 21.1. The number of fused-ring (bicyclic) bond motifs is 1. The number of nitrogens with one attached hydrogen (secondary N) is 2. The van der Waals surface area contributed by atoms with Crippen LogP contribution in [0.4, 0.5) is 0 Å². The molecule has 1 fully saturated rings. The van der Waals surface area contributed by atoms with Crippen molar-refractivity contribution in [2.24, 2.45) is 4.99 Å². The fraction of sp³-hybridized carbons (Fsp3) is 0.600. The molecule has 3 rings (SSSR count). The Morgan fingerprint density at radius 1 is 1.42 bits per heavy atom. The predicted molar refractivity (Wildman–Crippen MR) is 112 cm³/mol. The second kappa shape index (κ2) is 9.31. The van der Waals surface area contributed by atoms with E-state index < -0.39 is 0 Å². The molecule has 0 spiro atoms. The Bertz CT molecular complexity index is 739. The van der Waals surface area contributed by atoms with E-state index in [1.165, 1.54) is 31.2 Å². The van der Waals surface area contributed by atoms with E-state index in [-0.39, 0.29) is 0 Å². The highest BCUT2D eigenvalue weighted by atomic mass is 32.2. The first kappa shape index (κ1) is 19.1. The average Bonchev–Trinajstić information content (AvgIpc) is 3.06. The van der Waals surface area contributed by atoms with E-state index in [0.29, 0.717) is 6.04 Å². The molecular formula is C20H31N5S. The van der Waals surface area contributed by atoms with Crippen molar-refractivity contribution in [1.82, 2.24) is 20.0 Å². The highest BCUT2D eigenvalue weighted by Gasteiger charge is 2.21. The molecular weight excluding hydrogens is 342 g/mol. The van der Waals surface area contributed by atoms with E-state index >= 15 is 0 Å². The number of hydrogen-bond donors (Lipinski definition) is 2. The van der Waals surface area contributed by atoms with Gasteiger partial charge in [0.25, 0.3) is 0 Å². The minimum atomic E-state index is 0.539. The van der Waals surface area contributed by atoms with Crippen LogP contribution in [0.25, 0.3) is 5.65 Å². The number of rotatable bonds is 6. The SMILES string of the molecule is CCNC(=NCCc1cn2cccc(C)c2n1)NC1CCCC(SC)C1. The number of aryl methyl sites for hydroxylation is 1. The van der Waals surface area contributed by atoms with Gasteiger partial charge >= 0.3 is 0 Å². The zero-order chi connectivity index (χ0) is 18.4. The summed E-state index contributed by atoms with van der Waals surface area (Å²) in [5, 5.41) is 7.82. The summed E-state index contributed by atoms with van der Waals surface area (Å²) in [6.07, 6.45) is 12.4. The Morgan fingerprint density at radius 3 is 3.08 bits per heavy atom. The summed E-state index contributed by atoms with van der Waals surface area (Å²) in [6, 6.07) is 4.70. The Kier molecular flexibility index (Phi) is 6.83. The maximum absolute atomic E-state index is 4.78. The number of thioether (sulfide) groups is 1. The van der Waals surface area contributed by atoms with Crippen LogP contribution in [0.2, 0.25) is 0 Å². The van der Waals surface area contributed by atoms with Gasteiger partial charge in [-0.3, -0.25) is 4.99 Å². The molecule has 1 saturated carbocycles. The summed E-state index contributed by atoms with van der Waals surface area (Å²) in [5.41, 5.74) is 3.35.